The number of halogens is 2. The van der Waals surface area contributed by atoms with Crippen LogP contribution in [0.15, 0.2) is 42.5 Å². The average Bonchev–Trinajstić information content (AvgIpc) is 2.45. The van der Waals surface area contributed by atoms with E-state index in [-0.39, 0.29) is 12.5 Å². The van der Waals surface area contributed by atoms with Crippen LogP contribution in [-0.4, -0.2) is 18.6 Å². The minimum atomic E-state index is -0.724. The van der Waals surface area contributed by atoms with Gasteiger partial charge < -0.3 is 14.8 Å². The minimum Gasteiger partial charge on any atom is -0.485 e. The number of carbonyl (C=O) groups is 1. The van der Waals surface area contributed by atoms with Crippen LogP contribution in [0.3, 0.4) is 0 Å². The standard InChI is InChI=1S/C15H11Cl2NO3/c16-9-5-10(17)7-11(6-9)18-15(19)14-8-20-12-3-1-2-4-13(12)21-14/h1-7,14H,8H2,(H,18,19)/t14-/m0/s1. The van der Waals surface area contributed by atoms with E-state index in [9.17, 15) is 4.79 Å². The number of nitrogens with one attached hydrogen (secondary N) is 1. The molecule has 0 radical (unpaired) electrons. The summed E-state index contributed by atoms with van der Waals surface area (Å²) in [6.45, 7) is 0.150. The lowest BCUT2D eigenvalue weighted by Gasteiger charge is -2.25. The highest BCUT2D eigenvalue weighted by atomic mass is 35.5. The maximum atomic E-state index is 12.2. The fourth-order valence-corrected chi connectivity index (χ4v) is 2.52. The Kier molecular flexibility index (Phi) is 3.90. The molecule has 0 spiro atoms. The Morgan fingerprint density at radius 1 is 1.10 bits per heavy atom. The molecule has 0 bridgehead atoms. The summed E-state index contributed by atoms with van der Waals surface area (Å²) in [7, 11) is 0. The molecule has 4 nitrogen and oxygen atoms in total. The van der Waals surface area contributed by atoms with Gasteiger partial charge in [0.05, 0.1) is 0 Å². The largest absolute Gasteiger partial charge is 0.485 e. The zero-order valence-corrected chi connectivity index (χ0v) is 12.3. The summed E-state index contributed by atoms with van der Waals surface area (Å²) in [5.74, 6) is 0.864. The molecule has 0 aliphatic carbocycles. The van der Waals surface area contributed by atoms with Crippen LogP contribution >= 0.6 is 23.2 Å². The number of ether oxygens (including phenoxy) is 2. The van der Waals surface area contributed by atoms with Crippen LogP contribution in [-0.2, 0) is 4.79 Å². The third-order valence-electron chi connectivity index (χ3n) is 2.93. The zero-order valence-electron chi connectivity index (χ0n) is 10.8. The van der Waals surface area contributed by atoms with Gasteiger partial charge in [0, 0.05) is 15.7 Å². The predicted molar refractivity (Wildman–Crippen MR) is 81.4 cm³/mol. The fourth-order valence-electron chi connectivity index (χ4n) is 2.00. The van der Waals surface area contributed by atoms with Crippen LogP contribution in [0.25, 0.3) is 0 Å². The molecule has 6 heteroatoms. The molecular weight excluding hydrogens is 313 g/mol. The minimum absolute atomic E-state index is 0.150. The molecule has 21 heavy (non-hydrogen) atoms. The molecule has 1 aliphatic heterocycles. The van der Waals surface area contributed by atoms with Crippen LogP contribution in [0.2, 0.25) is 10.0 Å². The van der Waals surface area contributed by atoms with E-state index in [1.807, 2.05) is 12.1 Å². The first-order chi connectivity index (χ1) is 10.1. The molecule has 0 saturated carbocycles. The summed E-state index contributed by atoms with van der Waals surface area (Å²) >= 11 is 11.8. The van der Waals surface area contributed by atoms with Gasteiger partial charge in [-0.3, -0.25) is 4.79 Å². The number of benzene rings is 2. The van der Waals surface area contributed by atoms with Crippen molar-refractivity contribution in [1.82, 2.24) is 0 Å². The molecule has 2 aromatic rings. The lowest BCUT2D eigenvalue weighted by Crippen LogP contribution is -2.40. The number of fused-ring (bicyclic) bond motifs is 1. The second kappa shape index (κ2) is 5.84. The van der Waals surface area contributed by atoms with E-state index in [2.05, 4.69) is 5.32 Å². The summed E-state index contributed by atoms with van der Waals surface area (Å²) < 4.78 is 11.1. The third kappa shape index (κ3) is 3.23. The van der Waals surface area contributed by atoms with Gasteiger partial charge in [0.2, 0.25) is 6.10 Å². The molecule has 1 N–H and O–H groups in total. The highest BCUT2D eigenvalue weighted by Gasteiger charge is 2.27. The second-order valence-electron chi connectivity index (χ2n) is 4.51. The summed E-state index contributed by atoms with van der Waals surface area (Å²) in [6.07, 6.45) is -0.724. The predicted octanol–water partition coefficient (Wildman–Crippen LogP) is 3.77. The molecule has 1 atom stereocenters. The zero-order chi connectivity index (χ0) is 14.8. The first-order valence-electron chi connectivity index (χ1n) is 6.27. The number of amides is 1. The van der Waals surface area contributed by atoms with E-state index in [0.717, 1.165) is 0 Å². The Morgan fingerprint density at radius 3 is 2.48 bits per heavy atom. The first-order valence-corrected chi connectivity index (χ1v) is 7.03. The van der Waals surface area contributed by atoms with Gasteiger partial charge >= 0.3 is 0 Å². The Balaban J connectivity index is 1.72. The van der Waals surface area contributed by atoms with E-state index >= 15 is 0 Å². The summed E-state index contributed by atoms with van der Waals surface area (Å²) in [4.78, 5) is 12.2. The van der Waals surface area contributed by atoms with Crippen LogP contribution in [0.1, 0.15) is 0 Å². The molecule has 1 aliphatic rings. The number of rotatable bonds is 2. The van der Waals surface area contributed by atoms with Crippen LogP contribution < -0.4 is 14.8 Å². The van der Waals surface area contributed by atoms with Crippen molar-refractivity contribution < 1.29 is 14.3 Å². The Labute approximate surface area is 131 Å². The first kappa shape index (κ1) is 14.0. The van der Waals surface area contributed by atoms with Crippen molar-refractivity contribution in [2.75, 3.05) is 11.9 Å². The summed E-state index contributed by atoms with van der Waals surface area (Å²) in [5.41, 5.74) is 0.514. The van der Waals surface area contributed by atoms with Crippen LogP contribution in [0.5, 0.6) is 11.5 Å². The van der Waals surface area contributed by atoms with Gasteiger partial charge in [-0.2, -0.15) is 0 Å². The number of hydrogen-bond acceptors (Lipinski definition) is 3. The van der Waals surface area contributed by atoms with Crippen molar-refractivity contribution in [2.45, 2.75) is 6.10 Å². The molecule has 2 aromatic carbocycles. The highest BCUT2D eigenvalue weighted by Crippen LogP contribution is 2.31. The van der Waals surface area contributed by atoms with Gasteiger partial charge in [0.1, 0.15) is 6.61 Å². The molecule has 108 valence electrons. The lowest BCUT2D eigenvalue weighted by atomic mass is 10.2. The van der Waals surface area contributed by atoms with Gasteiger partial charge in [-0.05, 0) is 30.3 Å². The van der Waals surface area contributed by atoms with E-state index < -0.39 is 6.10 Å². The molecule has 1 heterocycles. The maximum absolute atomic E-state index is 12.2. The van der Waals surface area contributed by atoms with E-state index in [1.54, 1.807) is 30.3 Å². The van der Waals surface area contributed by atoms with Gasteiger partial charge in [-0.1, -0.05) is 35.3 Å². The third-order valence-corrected chi connectivity index (χ3v) is 3.37. The smallest absolute Gasteiger partial charge is 0.269 e. The van der Waals surface area contributed by atoms with Gasteiger partial charge in [-0.15, -0.1) is 0 Å². The van der Waals surface area contributed by atoms with Gasteiger partial charge in [0.15, 0.2) is 11.5 Å². The van der Waals surface area contributed by atoms with E-state index in [4.69, 9.17) is 32.7 Å². The molecule has 0 unspecified atom stereocenters. The molecule has 0 fully saturated rings. The normalized spacial score (nSPS) is 16.4. The van der Waals surface area contributed by atoms with Crippen LogP contribution in [0.4, 0.5) is 5.69 Å². The van der Waals surface area contributed by atoms with Crippen molar-refractivity contribution >= 4 is 34.8 Å². The van der Waals surface area contributed by atoms with E-state index in [0.29, 0.717) is 27.2 Å². The molecule has 3 rings (SSSR count). The van der Waals surface area contributed by atoms with Crippen molar-refractivity contribution in [1.29, 1.82) is 0 Å². The second-order valence-corrected chi connectivity index (χ2v) is 5.38. The Morgan fingerprint density at radius 2 is 1.76 bits per heavy atom. The Bertz CT molecular complexity index is 670. The quantitative estimate of drug-likeness (QED) is 0.915. The molecule has 0 saturated heterocycles. The number of hydrogen-bond donors (Lipinski definition) is 1. The fraction of sp³-hybridized carbons (Fsp3) is 0.133. The van der Waals surface area contributed by atoms with Gasteiger partial charge in [-0.25, -0.2) is 0 Å². The topological polar surface area (TPSA) is 47.6 Å². The van der Waals surface area contributed by atoms with Crippen molar-refractivity contribution in [3.63, 3.8) is 0 Å². The molecule has 1 amide bonds. The van der Waals surface area contributed by atoms with Gasteiger partial charge in [0.25, 0.3) is 5.91 Å². The highest BCUT2D eigenvalue weighted by molar-refractivity contribution is 6.35. The maximum Gasteiger partial charge on any atom is 0.269 e. The van der Waals surface area contributed by atoms with Crippen molar-refractivity contribution in [2.24, 2.45) is 0 Å². The summed E-state index contributed by atoms with van der Waals surface area (Å²) in [5, 5.41) is 3.61. The Hall–Kier alpha value is -1.91. The summed E-state index contributed by atoms with van der Waals surface area (Å²) in [6, 6.07) is 12.0. The molecular formula is C15H11Cl2NO3. The lowest BCUT2D eigenvalue weighted by molar-refractivity contribution is -0.125. The average molecular weight is 324 g/mol. The monoisotopic (exact) mass is 323 g/mol. The van der Waals surface area contributed by atoms with Crippen molar-refractivity contribution in [3.05, 3.63) is 52.5 Å². The van der Waals surface area contributed by atoms with Crippen LogP contribution in [0, 0.1) is 0 Å². The van der Waals surface area contributed by atoms with E-state index in [1.165, 1.54) is 0 Å². The number of carbonyl (C=O) groups excluding carboxylic acids is 1. The molecule has 0 aromatic heterocycles. The van der Waals surface area contributed by atoms with Crippen molar-refractivity contribution in [3.8, 4) is 11.5 Å². The number of para-hydroxylation sites is 2. The SMILES string of the molecule is O=C(Nc1cc(Cl)cc(Cl)c1)[C@@H]1COc2ccccc2O1. The number of anilines is 1.